The topological polar surface area (TPSA) is 15.8 Å². The smallest absolute Gasteiger partial charge is 0.0465 e. The summed E-state index contributed by atoms with van der Waals surface area (Å²) in [5.41, 5.74) is 3.81. The molecule has 1 heterocycles. The van der Waals surface area contributed by atoms with E-state index in [0.29, 0.717) is 0 Å². The minimum atomic E-state index is 0.163. The van der Waals surface area contributed by atoms with E-state index in [2.05, 4.69) is 44.0 Å². The van der Waals surface area contributed by atoms with E-state index in [0.717, 1.165) is 10.5 Å². The van der Waals surface area contributed by atoms with E-state index in [1.54, 1.807) is 0 Å². The molecule has 1 nitrogen and oxygen atoms in total. The van der Waals surface area contributed by atoms with Crippen molar-refractivity contribution in [3.8, 4) is 0 Å². The minimum absolute atomic E-state index is 0.163. The molecule has 0 radical (unpaired) electrons. The molecule has 2 heteroatoms. The van der Waals surface area contributed by atoms with Crippen LogP contribution in [-0.2, 0) is 5.41 Å². The average Bonchev–Trinajstić information content (AvgIpc) is 2.65. The summed E-state index contributed by atoms with van der Waals surface area (Å²) in [6.07, 6.45) is 0. The maximum absolute atomic E-state index is 6.09. The molecule has 0 amide bonds. The molecule has 0 bridgehead atoms. The summed E-state index contributed by atoms with van der Waals surface area (Å²) >= 11 is 6.09. The quantitative estimate of drug-likeness (QED) is 0.565. The van der Waals surface area contributed by atoms with E-state index >= 15 is 0 Å². The summed E-state index contributed by atoms with van der Waals surface area (Å²) in [6.45, 7) is 6.70. The van der Waals surface area contributed by atoms with Crippen molar-refractivity contribution < 1.29 is 0 Å². The SMILES string of the molecule is CC(C)(C)c1ccc2[nH]c3ccc(Cl)cc3c2c1. The first-order valence-electron chi connectivity index (χ1n) is 6.17. The summed E-state index contributed by atoms with van der Waals surface area (Å²) in [7, 11) is 0. The fourth-order valence-electron chi connectivity index (χ4n) is 2.34. The lowest BCUT2D eigenvalue weighted by atomic mass is 9.86. The van der Waals surface area contributed by atoms with Crippen molar-refractivity contribution in [1.29, 1.82) is 0 Å². The zero-order valence-corrected chi connectivity index (χ0v) is 11.6. The van der Waals surface area contributed by atoms with Crippen LogP contribution in [0.15, 0.2) is 36.4 Å². The van der Waals surface area contributed by atoms with E-state index in [-0.39, 0.29) is 5.41 Å². The highest BCUT2D eigenvalue weighted by Gasteiger charge is 2.15. The molecule has 2 aromatic carbocycles. The predicted molar refractivity (Wildman–Crippen MR) is 79.5 cm³/mol. The Morgan fingerprint density at radius 1 is 0.889 bits per heavy atom. The van der Waals surface area contributed by atoms with Crippen molar-refractivity contribution in [2.75, 3.05) is 0 Å². The Labute approximate surface area is 112 Å². The van der Waals surface area contributed by atoms with Gasteiger partial charge in [-0.25, -0.2) is 0 Å². The van der Waals surface area contributed by atoms with E-state index in [4.69, 9.17) is 11.6 Å². The number of aromatic nitrogens is 1. The van der Waals surface area contributed by atoms with Crippen molar-refractivity contribution >= 4 is 33.4 Å². The Bertz CT molecular complexity index is 732. The minimum Gasteiger partial charge on any atom is -0.355 e. The lowest BCUT2D eigenvalue weighted by Crippen LogP contribution is -2.10. The zero-order valence-electron chi connectivity index (χ0n) is 10.8. The second-order valence-electron chi connectivity index (χ2n) is 5.83. The summed E-state index contributed by atoms with van der Waals surface area (Å²) in [6, 6.07) is 12.6. The van der Waals surface area contributed by atoms with Crippen molar-refractivity contribution in [1.82, 2.24) is 4.98 Å². The van der Waals surface area contributed by atoms with Gasteiger partial charge < -0.3 is 4.98 Å². The third-order valence-electron chi connectivity index (χ3n) is 3.43. The molecular formula is C16H16ClN. The first kappa shape index (κ1) is 11.6. The first-order valence-corrected chi connectivity index (χ1v) is 6.54. The van der Waals surface area contributed by atoms with E-state index in [1.807, 2.05) is 18.2 Å². The predicted octanol–water partition coefficient (Wildman–Crippen LogP) is 5.27. The zero-order chi connectivity index (χ0) is 12.9. The Morgan fingerprint density at radius 3 is 2.17 bits per heavy atom. The largest absolute Gasteiger partial charge is 0.355 e. The van der Waals surface area contributed by atoms with Crippen molar-refractivity contribution in [2.45, 2.75) is 26.2 Å². The van der Waals surface area contributed by atoms with Crippen LogP contribution >= 0.6 is 11.6 Å². The third kappa shape index (κ3) is 1.79. The summed E-state index contributed by atoms with van der Waals surface area (Å²) in [4.78, 5) is 3.43. The molecule has 1 aromatic heterocycles. The normalized spacial score (nSPS) is 12.4. The number of nitrogens with one attached hydrogen (secondary N) is 1. The Hall–Kier alpha value is -1.47. The van der Waals surface area contributed by atoms with Crippen LogP contribution in [0.1, 0.15) is 26.3 Å². The van der Waals surface area contributed by atoms with E-state index < -0.39 is 0 Å². The standard InChI is InChI=1S/C16H16ClN/c1-16(2,3)10-4-6-14-12(8-10)13-9-11(17)5-7-15(13)18-14/h4-9,18H,1-3H3. The number of benzene rings is 2. The molecule has 3 rings (SSSR count). The summed E-state index contributed by atoms with van der Waals surface area (Å²) in [5.74, 6) is 0. The fraction of sp³-hybridized carbons (Fsp3) is 0.250. The van der Waals surface area contributed by atoms with Gasteiger partial charge in [0.15, 0.2) is 0 Å². The molecule has 0 spiro atoms. The number of aromatic amines is 1. The third-order valence-corrected chi connectivity index (χ3v) is 3.66. The molecule has 0 aliphatic carbocycles. The van der Waals surface area contributed by atoms with Gasteiger partial charge >= 0.3 is 0 Å². The molecule has 3 aromatic rings. The van der Waals surface area contributed by atoms with Gasteiger partial charge in [-0.05, 0) is 41.3 Å². The van der Waals surface area contributed by atoms with Gasteiger partial charge in [-0.15, -0.1) is 0 Å². The van der Waals surface area contributed by atoms with Crippen LogP contribution in [0.2, 0.25) is 5.02 Å². The molecule has 0 saturated carbocycles. The van der Waals surface area contributed by atoms with Gasteiger partial charge in [-0.3, -0.25) is 0 Å². The molecular weight excluding hydrogens is 242 g/mol. The van der Waals surface area contributed by atoms with Crippen LogP contribution in [0.4, 0.5) is 0 Å². The highest BCUT2D eigenvalue weighted by atomic mass is 35.5. The van der Waals surface area contributed by atoms with Crippen LogP contribution in [0, 0.1) is 0 Å². The fourth-order valence-corrected chi connectivity index (χ4v) is 2.51. The Balaban J connectivity index is 2.38. The van der Waals surface area contributed by atoms with E-state index in [1.165, 1.54) is 21.9 Å². The molecule has 1 N–H and O–H groups in total. The number of fused-ring (bicyclic) bond motifs is 3. The number of rotatable bonds is 0. The number of hydrogen-bond acceptors (Lipinski definition) is 0. The highest BCUT2D eigenvalue weighted by Crippen LogP contribution is 2.31. The van der Waals surface area contributed by atoms with E-state index in [9.17, 15) is 0 Å². The first-order chi connectivity index (χ1) is 8.45. The molecule has 0 saturated heterocycles. The second kappa shape index (κ2) is 3.76. The van der Waals surface area contributed by atoms with Crippen LogP contribution in [0.3, 0.4) is 0 Å². The second-order valence-corrected chi connectivity index (χ2v) is 6.26. The summed E-state index contributed by atoms with van der Waals surface area (Å²) < 4.78 is 0. The molecule has 0 aliphatic rings. The van der Waals surface area contributed by atoms with Crippen molar-refractivity contribution in [2.24, 2.45) is 0 Å². The van der Waals surface area contributed by atoms with Gasteiger partial charge in [0.25, 0.3) is 0 Å². The highest BCUT2D eigenvalue weighted by molar-refractivity contribution is 6.31. The average molecular weight is 258 g/mol. The lowest BCUT2D eigenvalue weighted by Gasteiger charge is -2.18. The Morgan fingerprint density at radius 2 is 1.50 bits per heavy atom. The Kier molecular flexibility index (Phi) is 2.43. The van der Waals surface area contributed by atoms with Gasteiger partial charge in [0.2, 0.25) is 0 Å². The number of halogens is 1. The van der Waals surface area contributed by atoms with Gasteiger partial charge in [0.1, 0.15) is 0 Å². The molecule has 0 fully saturated rings. The molecule has 0 aliphatic heterocycles. The molecule has 0 unspecified atom stereocenters. The van der Waals surface area contributed by atoms with Crippen molar-refractivity contribution in [3.05, 3.63) is 47.0 Å². The van der Waals surface area contributed by atoms with Crippen LogP contribution in [0.5, 0.6) is 0 Å². The number of hydrogen-bond donors (Lipinski definition) is 1. The molecule has 18 heavy (non-hydrogen) atoms. The van der Waals surface area contributed by atoms with Gasteiger partial charge in [0, 0.05) is 26.8 Å². The maximum Gasteiger partial charge on any atom is 0.0465 e. The lowest BCUT2D eigenvalue weighted by molar-refractivity contribution is 0.591. The maximum atomic E-state index is 6.09. The van der Waals surface area contributed by atoms with Gasteiger partial charge in [0.05, 0.1) is 0 Å². The molecule has 92 valence electrons. The van der Waals surface area contributed by atoms with Gasteiger partial charge in [-0.1, -0.05) is 38.4 Å². The van der Waals surface area contributed by atoms with Crippen molar-refractivity contribution in [3.63, 3.8) is 0 Å². The van der Waals surface area contributed by atoms with Crippen LogP contribution in [0.25, 0.3) is 21.8 Å². The van der Waals surface area contributed by atoms with Crippen LogP contribution in [-0.4, -0.2) is 4.98 Å². The number of H-pyrrole nitrogens is 1. The molecule has 0 atom stereocenters. The monoisotopic (exact) mass is 257 g/mol. The van der Waals surface area contributed by atoms with Crippen LogP contribution < -0.4 is 0 Å². The van der Waals surface area contributed by atoms with Gasteiger partial charge in [-0.2, -0.15) is 0 Å². The summed E-state index contributed by atoms with van der Waals surface area (Å²) in [5, 5.41) is 3.23.